The molecule has 136 valence electrons. The molecule has 0 saturated heterocycles. The van der Waals surface area contributed by atoms with E-state index in [9.17, 15) is 8.42 Å². The molecule has 0 spiro atoms. The number of nitrogens with zero attached hydrogens (tertiary/aromatic N) is 1. The minimum atomic E-state index is -3.58. The molecule has 4 heteroatoms. The number of rotatable bonds is 6. The maximum atomic E-state index is 13.7. The first kappa shape index (κ1) is 19.7. The third-order valence-electron chi connectivity index (χ3n) is 4.55. The minimum Gasteiger partial charge on any atom is -0.211 e. The normalized spacial score (nSPS) is 12.6. The lowest BCUT2D eigenvalue weighted by atomic mass is 9.97. The molecule has 0 aliphatic carbocycles. The van der Waals surface area contributed by atoms with Crippen LogP contribution in [0, 0.1) is 13.8 Å². The van der Waals surface area contributed by atoms with Crippen LogP contribution >= 0.6 is 0 Å². The largest absolute Gasteiger partial charge is 0.225 e. The SMILES string of the molecule is Cc1ccccc1C(c1ccccc1C)S(=O)(=O)N(C(C)C)C(C)C. The van der Waals surface area contributed by atoms with Gasteiger partial charge in [-0.15, -0.1) is 0 Å². The number of hydrogen-bond acceptors (Lipinski definition) is 2. The van der Waals surface area contributed by atoms with Crippen molar-refractivity contribution < 1.29 is 8.42 Å². The Morgan fingerprint density at radius 2 is 1.08 bits per heavy atom. The van der Waals surface area contributed by atoms with Crippen LogP contribution in [0.4, 0.5) is 0 Å². The number of hydrogen-bond donors (Lipinski definition) is 0. The van der Waals surface area contributed by atoms with Gasteiger partial charge in [0.05, 0.1) is 0 Å². The van der Waals surface area contributed by atoms with E-state index >= 15 is 0 Å². The van der Waals surface area contributed by atoms with Crippen molar-refractivity contribution in [3.63, 3.8) is 0 Å². The van der Waals surface area contributed by atoms with Gasteiger partial charge in [0.1, 0.15) is 5.25 Å². The molecule has 0 amide bonds. The zero-order valence-electron chi connectivity index (χ0n) is 16.0. The van der Waals surface area contributed by atoms with Crippen molar-refractivity contribution in [2.24, 2.45) is 0 Å². The second kappa shape index (κ2) is 7.71. The molecule has 0 atom stereocenters. The molecular formula is C21H29NO2S. The van der Waals surface area contributed by atoms with Crippen molar-refractivity contribution in [3.8, 4) is 0 Å². The summed E-state index contributed by atoms with van der Waals surface area (Å²) in [6.45, 7) is 11.7. The molecule has 0 aromatic heterocycles. The van der Waals surface area contributed by atoms with E-state index in [0.29, 0.717) is 0 Å². The van der Waals surface area contributed by atoms with Crippen molar-refractivity contribution in [2.75, 3.05) is 0 Å². The van der Waals surface area contributed by atoms with Crippen LogP contribution in [0.5, 0.6) is 0 Å². The Hall–Kier alpha value is -1.65. The van der Waals surface area contributed by atoms with Crippen LogP contribution in [0.15, 0.2) is 48.5 Å². The van der Waals surface area contributed by atoms with Crippen molar-refractivity contribution >= 4 is 10.0 Å². The van der Waals surface area contributed by atoms with E-state index in [4.69, 9.17) is 0 Å². The standard InChI is InChI=1S/C21H29NO2S/c1-15(2)22(16(3)4)25(23,24)21(19-13-9-7-11-17(19)5)20-14-10-8-12-18(20)6/h7-16,21H,1-6H3. The van der Waals surface area contributed by atoms with E-state index in [1.54, 1.807) is 4.31 Å². The molecule has 0 aliphatic heterocycles. The molecule has 0 heterocycles. The molecule has 0 radical (unpaired) electrons. The van der Waals surface area contributed by atoms with Crippen LogP contribution in [-0.4, -0.2) is 24.8 Å². The summed E-state index contributed by atoms with van der Waals surface area (Å²) >= 11 is 0. The fourth-order valence-corrected chi connectivity index (χ4v) is 6.15. The van der Waals surface area contributed by atoms with Gasteiger partial charge >= 0.3 is 0 Å². The van der Waals surface area contributed by atoms with Gasteiger partial charge in [-0.2, -0.15) is 4.31 Å². The van der Waals surface area contributed by atoms with E-state index in [0.717, 1.165) is 22.3 Å². The smallest absolute Gasteiger partial charge is 0.211 e. The van der Waals surface area contributed by atoms with Crippen LogP contribution < -0.4 is 0 Å². The summed E-state index contributed by atoms with van der Waals surface area (Å²) in [7, 11) is -3.58. The fraction of sp³-hybridized carbons (Fsp3) is 0.429. The molecule has 25 heavy (non-hydrogen) atoms. The quantitative estimate of drug-likeness (QED) is 0.740. The van der Waals surface area contributed by atoms with Gasteiger partial charge in [-0.05, 0) is 63.8 Å². The van der Waals surface area contributed by atoms with Gasteiger partial charge in [-0.1, -0.05) is 48.5 Å². The molecule has 0 unspecified atom stereocenters. The molecule has 0 saturated carbocycles. The summed E-state index contributed by atoms with van der Waals surface area (Å²) in [5.41, 5.74) is 3.68. The predicted molar refractivity (Wildman–Crippen MR) is 105 cm³/mol. The van der Waals surface area contributed by atoms with Crippen molar-refractivity contribution in [1.82, 2.24) is 4.31 Å². The molecule has 3 nitrogen and oxygen atoms in total. The highest BCUT2D eigenvalue weighted by Crippen LogP contribution is 2.37. The van der Waals surface area contributed by atoms with E-state index < -0.39 is 15.3 Å². The summed E-state index contributed by atoms with van der Waals surface area (Å²) in [5, 5.41) is -0.695. The summed E-state index contributed by atoms with van der Waals surface area (Å²) < 4.78 is 29.1. The highest BCUT2D eigenvalue weighted by atomic mass is 32.2. The highest BCUT2D eigenvalue weighted by molar-refractivity contribution is 7.89. The zero-order chi connectivity index (χ0) is 18.8. The zero-order valence-corrected chi connectivity index (χ0v) is 16.8. The monoisotopic (exact) mass is 359 g/mol. The predicted octanol–water partition coefficient (Wildman–Crippen LogP) is 4.84. The third kappa shape index (κ3) is 3.96. The van der Waals surface area contributed by atoms with Crippen molar-refractivity contribution in [3.05, 3.63) is 70.8 Å². The molecule has 2 aromatic carbocycles. The first-order chi connectivity index (χ1) is 11.7. The van der Waals surface area contributed by atoms with Crippen molar-refractivity contribution in [2.45, 2.75) is 58.9 Å². The van der Waals surface area contributed by atoms with Gasteiger partial charge < -0.3 is 0 Å². The molecule has 0 N–H and O–H groups in total. The summed E-state index contributed by atoms with van der Waals surface area (Å²) in [5.74, 6) is 0. The van der Waals surface area contributed by atoms with E-state index in [1.165, 1.54) is 0 Å². The first-order valence-corrected chi connectivity index (χ1v) is 10.3. The van der Waals surface area contributed by atoms with Crippen LogP contribution in [0.1, 0.15) is 55.2 Å². The molecule has 0 aliphatic rings. The van der Waals surface area contributed by atoms with E-state index in [1.807, 2.05) is 90.1 Å². The molecule has 2 rings (SSSR count). The van der Waals surface area contributed by atoms with Gasteiger partial charge in [0.15, 0.2) is 0 Å². The highest BCUT2D eigenvalue weighted by Gasteiger charge is 2.38. The average molecular weight is 360 g/mol. The fourth-order valence-electron chi connectivity index (χ4n) is 3.56. The van der Waals surface area contributed by atoms with Gasteiger partial charge in [0, 0.05) is 12.1 Å². The van der Waals surface area contributed by atoms with E-state index in [2.05, 4.69) is 0 Å². The Morgan fingerprint density at radius 3 is 1.40 bits per heavy atom. The Balaban J connectivity index is 2.76. The maximum absolute atomic E-state index is 13.7. The first-order valence-electron chi connectivity index (χ1n) is 8.81. The van der Waals surface area contributed by atoms with Gasteiger partial charge in [-0.3, -0.25) is 0 Å². The summed E-state index contributed by atoms with van der Waals surface area (Å²) in [6.07, 6.45) is 0. The number of aryl methyl sites for hydroxylation is 2. The molecule has 0 bridgehead atoms. The lowest BCUT2D eigenvalue weighted by molar-refractivity contribution is 0.300. The average Bonchev–Trinajstić information content (AvgIpc) is 2.50. The van der Waals surface area contributed by atoms with Crippen LogP contribution in [0.25, 0.3) is 0 Å². The lowest BCUT2D eigenvalue weighted by Gasteiger charge is -2.34. The van der Waals surface area contributed by atoms with Crippen molar-refractivity contribution in [1.29, 1.82) is 0 Å². The van der Waals surface area contributed by atoms with Crippen LogP contribution in [0.2, 0.25) is 0 Å². The van der Waals surface area contributed by atoms with E-state index in [-0.39, 0.29) is 12.1 Å². The summed E-state index contributed by atoms with van der Waals surface area (Å²) in [4.78, 5) is 0. The molecular weight excluding hydrogens is 330 g/mol. The second-order valence-electron chi connectivity index (χ2n) is 7.16. The van der Waals surface area contributed by atoms with Crippen LogP contribution in [-0.2, 0) is 10.0 Å². The molecule has 2 aromatic rings. The Bertz CT molecular complexity index is 772. The second-order valence-corrected chi connectivity index (χ2v) is 9.08. The Kier molecular flexibility index (Phi) is 6.07. The Labute approximate surface area is 152 Å². The van der Waals surface area contributed by atoms with Gasteiger partial charge in [0.25, 0.3) is 0 Å². The number of sulfonamides is 1. The minimum absolute atomic E-state index is 0.0967. The molecule has 0 fully saturated rings. The van der Waals surface area contributed by atoms with Gasteiger partial charge in [-0.25, -0.2) is 8.42 Å². The van der Waals surface area contributed by atoms with Crippen LogP contribution in [0.3, 0.4) is 0 Å². The lowest BCUT2D eigenvalue weighted by Crippen LogP contribution is -2.44. The Morgan fingerprint density at radius 1 is 0.720 bits per heavy atom. The summed E-state index contributed by atoms with van der Waals surface area (Å²) in [6, 6.07) is 15.4. The maximum Gasteiger partial charge on any atom is 0.225 e. The third-order valence-corrected chi connectivity index (χ3v) is 7.09. The van der Waals surface area contributed by atoms with Gasteiger partial charge in [0.2, 0.25) is 10.0 Å². The topological polar surface area (TPSA) is 37.4 Å². The number of benzene rings is 2.